The lowest BCUT2D eigenvalue weighted by Crippen LogP contribution is -2.13. The highest BCUT2D eigenvalue weighted by Gasteiger charge is 2.31. The smallest absolute Gasteiger partial charge is 0.410 e. The summed E-state index contributed by atoms with van der Waals surface area (Å²) in [5.41, 5.74) is 0.574. The summed E-state index contributed by atoms with van der Waals surface area (Å²) in [7, 11) is 5.34. The van der Waals surface area contributed by atoms with E-state index in [2.05, 4.69) is 4.74 Å². The fourth-order valence-electron chi connectivity index (χ4n) is 0.868. The van der Waals surface area contributed by atoms with Gasteiger partial charge in [0.1, 0.15) is 13.6 Å². The van der Waals surface area contributed by atoms with Gasteiger partial charge in [-0.1, -0.05) is 6.08 Å². The molecule has 0 aromatic heterocycles. The fourth-order valence-corrected chi connectivity index (χ4v) is 0.868. The molecule has 0 heterocycles. The van der Waals surface area contributed by atoms with E-state index in [1.807, 2.05) is 0 Å². The largest absolute Gasteiger partial charge is 0.572 e. The van der Waals surface area contributed by atoms with Gasteiger partial charge in [0.25, 0.3) is 0 Å². The first-order valence-corrected chi connectivity index (χ1v) is 3.38. The lowest BCUT2D eigenvalue weighted by atomic mass is 9.88. The first-order chi connectivity index (χ1) is 5.47. The molecule has 0 amide bonds. The summed E-state index contributed by atoms with van der Waals surface area (Å²) < 4.78 is 38.6. The first kappa shape index (κ1) is 9.22. The number of rotatable bonds is 1. The maximum atomic E-state index is 11.6. The second-order valence-corrected chi connectivity index (χ2v) is 2.42. The highest BCUT2D eigenvalue weighted by atomic mass is 19.4. The van der Waals surface area contributed by atoms with Crippen LogP contribution in [0.2, 0.25) is 0 Å². The van der Waals surface area contributed by atoms with Crippen molar-refractivity contribution >= 4 is 7.85 Å². The minimum Gasteiger partial charge on any atom is -0.410 e. The zero-order valence-electron chi connectivity index (χ0n) is 6.19. The van der Waals surface area contributed by atoms with E-state index in [4.69, 9.17) is 7.85 Å². The van der Waals surface area contributed by atoms with Crippen LogP contribution in [0.15, 0.2) is 23.4 Å². The highest BCUT2D eigenvalue weighted by molar-refractivity contribution is 6.21. The molecule has 64 valence electrons. The molecule has 0 saturated heterocycles. The monoisotopic (exact) mass is 174 g/mol. The van der Waals surface area contributed by atoms with E-state index in [0.29, 0.717) is 11.9 Å². The molecule has 0 spiro atoms. The predicted octanol–water partition coefficient (Wildman–Crippen LogP) is 2.25. The molecule has 0 atom stereocenters. The summed E-state index contributed by atoms with van der Waals surface area (Å²) in [5.74, 6) is -0.0864. The molecule has 0 unspecified atom stereocenters. The van der Waals surface area contributed by atoms with Gasteiger partial charge in [0.2, 0.25) is 0 Å². The van der Waals surface area contributed by atoms with Crippen molar-refractivity contribution in [2.24, 2.45) is 0 Å². The van der Waals surface area contributed by atoms with Gasteiger partial charge in [-0.3, -0.25) is 0 Å². The molecule has 1 rings (SSSR count). The Hall–Kier alpha value is -0.865. The number of hydrogen-bond donors (Lipinski definition) is 0. The SMILES string of the molecule is [B]C1=CC=C(OC(F)(F)F)CC1. The fraction of sp³-hybridized carbons (Fsp3) is 0.429. The van der Waals surface area contributed by atoms with Gasteiger partial charge in [-0.05, 0) is 12.5 Å². The quantitative estimate of drug-likeness (QED) is 0.553. The normalized spacial score (nSPS) is 18.2. The van der Waals surface area contributed by atoms with Gasteiger partial charge in [-0.25, -0.2) is 0 Å². The van der Waals surface area contributed by atoms with Crippen molar-refractivity contribution in [3.63, 3.8) is 0 Å². The summed E-state index contributed by atoms with van der Waals surface area (Å²) in [6, 6.07) is 0. The van der Waals surface area contributed by atoms with E-state index in [1.165, 1.54) is 12.2 Å². The zero-order chi connectivity index (χ0) is 9.19. The summed E-state index contributed by atoms with van der Waals surface area (Å²) in [6.45, 7) is 0. The van der Waals surface area contributed by atoms with Gasteiger partial charge in [0, 0.05) is 6.42 Å². The van der Waals surface area contributed by atoms with Crippen LogP contribution in [0, 0.1) is 0 Å². The van der Waals surface area contributed by atoms with Crippen LogP contribution in [0.3, 0.4) is 0 Å². The van der Waals surface area contributed by atoms with Crippen LogP contribution in [0.4, 0.5) is 13.2 Å². The number of allylic oxidation sites excluding steroid dienone is 4. The summed E-state index contributed by atoms with van der Waals surface area (Å²) in [5, 5.41) is 0. The van der Waals surface area contributed by atoms with E-state index >= 15 is 0 Å². The average molecular weight is 174 g/mol. The molecule has 0 fully saturated rings. The molecule has 0 saturated carbocycles. The highest BCUT2D eigenvalue weighted by Crippen LogP contribution is 2.26. The second kappa shape index (κ2) is 3.25. The van der Waals surface area contributed by atoms with Crippen molar-refractivity contribution in [3.8, 4) is 0 Å². The number of hydrogen-bond acceptors (Lipinski definition) is 1. The van der Waals surface area contributed by atoms with Crippen LogP contribution >= 0.6 is 0 Å². The van der Waals surface area contributed by atoms with Crippen molar-refractivity contribution in [3.05, 3.63) is 23.4 Å². The van der Waals surface area contributed by atoms with Gasteiger partial charge in [-0.15, -0.1) is 18.6 Å². The topological polar surface area (TPSA) is 9.23 Å². The summed E-state index contributed by atoms with van der Waals surface area (Å²) in [6.07, 6.45) is -1.30. The van der Waals surface area contributed by atoms with E-state index in [0.717, 1.165) is 0 Å². The minimum atomic E-state index is -4.59. The summed E-state index contributed by atoms with van der Waals surface area (Å²) in [4.78, 5) is 0. The van der Waals surface area contributed by atoms with E-state index in [1.54, 1.807) is 0 Å². The second-order valence-electron chi connectivity index (χ2n) is 2.42. The van der Waals surface area contributed by atoms with Crippen LogP contribution in [-0.2, 0) is 4.74 Å². The van der Waals surface area contributed by atoms with Crippen molar-refractivity contribution in [1.29, 1.82) is 0 Å². The van der Waals surface area contributed by atoms with E-state index < -0.39 is 6.36 Å². The molecule has 5 heteroatoms. The molecule has 1 aliphatic rings. The van der Waals surface area contributed by atoms with Gasteiger partial charge < -0.3 is 4.74 Å². The Kier molecular flexibility index (Phi) is 2.50. The Morgan fingerprint density at radius 2 is 1.92 bits per heavy atom. The third-order valence-electron chi connectivity index (χ3n) is 1.39. The number of halogens is 3. The van der Waals surface area contributed by atoms with E-state index in [-0.39, 0.29) is 12.2 Å². The Labute approximate surface area is 69.3 Å². The Balaban J connectivity index is 2.55. The van der Waals surface area contributed by atoms with Gasteiger partial charge in [0.05, 0.1) is 0 Å². The molecule has 1 aliphatic carbocycles. The average Bonchev–Trinajstić information content (AvgIpc) is 1.91. The lowest BCUT2D eigenvalue weighted by molar-refractivity contribution is -0.306. The predicted molar refractivity (Wildman–Crippen MR) is 38.3 cm³/mol. The standard InChI is InChI=1S/C7H6BF3O/c8-5-1-3-6(4-2-5)12-7(9,10)11/h1,3H,2,4H2. The first-order valence-electron chi connectivity index (χ1n) is 3.38. The lowest BCUT2D eigenvalue weighted by Gasteiger charge is -2.15. The number of ether oxygens (including phenoxy) is 1. The molecule has 0 bridgehead atoms. The van der Waals surface area contributed by atoms with Crippen molar-refractivity contribution < 1.29 is 17.9 Å². The third-order valence-corrected chi connectivity index (χ3v) is 1.39. The van der Waals surface area contributed by atoms with Crippen molar-refractivity contribution in [2.75, 3.05) is 0 Å². The molecule has 2 radical (unpaired) electrons. The van der Waals surface area contributed by atoms with Crippen LogP contribution in [0.1, 0.15) is 12.8 Å². The number of alkyl halides is 3. The van der Waals surface area contributed by atoms with Gasteiger partial charge in [0.15, 0.2) is 0 Å². The van der Waals surface area contributed by atoms with Crippen molar-refractivity contribution in [1.82, 2.24) is 0 Å². The van der Waals surface area contributed by atoms with Crippen LogP contribution in [0.25, 0.3) is 0 Å². The molecular formula is C7H6BF3O. The zero-order valence-corrected chi connectivity index (χ0v) is 6.19. The van der Waals surface area contributed by atoms with Crippen LogP contribution < -0.4 is 0 Å². The molecule has 1 nitrogen and oxygen atoms in total. The molecule has 0 aliphatic heterocycles. The van der Waals surface area contributed by atoms with E-state index in [9.17, 15) is 13.2 Å². The van der Waals surface area contributed by atoms with Crippen LogP contribution in [0.5, 0.6) is 0 Å². The van der Waals surface area contributed by atoms with Gasteiger partial charge in [-0.2, -0.15) is 0 Å². The maximum absolute atomic E-state index is 11.6. The Morgan fingerprint density at radius 1 is 1.25 bits per heavy atom. The molecule has 0 N–H and O–H groups in total. The molecule has 0 aromatic rings. The Bertz CT molecular complexity index is 229. The minimum absolute atomic E-state index is 0.0864. The summed E-state index contributed by atoms with van der Waals surface area (Å²) >= 11 is 0. The van der Waals surface area contributed by atoms with Gasteiger partial charge >= 0.3 is 6.36 Å². The van der Waals surface area contributed by atoms with Crippen molar-refractivity contribution in [2.45, 2.75) is 19.2 Å². The van der Waals surface area contributed by atoms with Crippen LogP contribution in [-0.4, -0.2) is 14.2 Å². The molecular weight excluding hydrogens is 168 g/mol. The molecule has 12 heavy (non-hydrogen) atoms. The molecule has 0 aromatic carbocycles. The maximum Gasteiger partial charge on any atom is 0.572 e. The third kappa shape index (κ3) is 3.03. The Morgan fingerprint density at radius 3 is 2.33 bits per heavy atom.